The molecule has 0 aliphatic carbocycles. The van der Waals surface area contributed by atoms with Crippen LogP contribution in [0.1, 0.15) is 19.4 Å². The van der Waals surface area contributed by atoms with Gasteiger partial charge in [0, 0.05) is 18.8 Å². The molecule has 6 nitrogen and oxygen atoms in total. The maximum atomic E-state index is 11.9. The minimum atomic E-state index is -0.802. The van der Waals surface area contributed by atoms with Gasteiger partial charge in [0.1, 0.15) is 5.57 Å². The number of amides is 4. The van der Waals surface area contributed by atoms with Crippen molar-refractivity contribution in [1.29, 1.82) is 0 Å². The molecule has 2 N–H and O–H groups in total. The fraction of sp³-hybridized carbons (Fsp3) is 0.160. The first kappa shape index (κ1) is 20.3. The molecule has 31 heavy (non-hydrogen) atoms. The van der Waals surface area contributed by atoms with E-state index < -0.39 is 17.8 Å². The highest BCUT2D eigenvalue weighted by molar-refractivity contribution is 6.31. The molecule has 1 aliphatic heterocycles. The second-order valence-electron chi connectivity index (χ2n) is 7.34. The van der Waals surface area contributed by atoms with Crippen LogP contribution in [0.4, 0.5) is 10.5 Å². The zero-order chi connectivity index (χ0) is 22.0. The molecule has 0 bridgehead atoms. The maximum absolute atomic E-state index is 11.9. The van der Waals surface area contributed by atoms with Gasteiger partial charge in [0.25, 0.3) is 11.8 Å². The van der Waals surface area contributed by atoms with E-state index in [2.05, 4.69) is 65.8 Å². The summed E-state index contributed by atoms with van der Waals surface area (Å²) in [6.45, 7) is 6.25. The smallest absolute Gasteiger partial charge is 0.328 e. The van der Waals surface area contributed by atoms with Gasteiger partial charge in [-0.3, -0.25) is 20.2 Å². The van der Waals surface area contributed by atoms with Gasteiger partial charge in [0.2, 0.25) is 0 Å². The Morgan fingerprint density at radius 3 is 1.97 bits per heavy atom. The van der Waals surface area contributed by atoms with Crippen LogP contribution in [-0.2, 0) is 9.59 Å². The number of hydrogen-bond acceptors (Lipinski definition) is 4. The fourth-order valence-electron chi connectivity index (χ4n) is 3.76. The lowest BCUT2D eigenvalue weighted by Gasteiger charge is -2.21. The van der Waals surface area contributed by atoms with Crippen molar-refractivity contribution in [1.82, 2.24) is 10.6 Å². The molecule has 0 spiro atoms. The Kier molecular flexibility index (Phi) is 5.54. The Morgan fingerprint density at radius 1 is 0.742 bits per heavy atom. The summed E-state index contributed by atoms with van der Waals surface area (Å²) in [5.41, 5.74) is 4.09. The van der Waals surface area contributed by atoms with Gasteiger partial charge in [-0.25, -0.2) is 4.79 Å². The van der Waals surface area contributed by atoms with E-state index in [0.717, 1.165) is 35.0 Å². The van der Waals surface area contributed by atoms with Crippen LogP contribution < -0.4 is 15.5 Å². The summed E-state index contributed by atoms with van der Waals surface area (Å²) in [7, 11) is 0. The number of nitrogens with zero attached hydrogens (tertiary/aromatic N) is 1. The van der Waals surface area contributed by atoms with E-state index in [1.165, 1.54) is 11.8 Å². The zero-order valence-corrected chi connectivity index (χ0v) is 17.4. The number of carbonyl (C=O) groups excluding carboxylic acids is 3. The van der Waals surface area contributed by atoms with Crippen molar-refractivity contribution in [2.45, 2.75) is 13.8 Å². The highest BCUT2D eigenvalue weighted by Gasteiger charge is 2.27. The third-order valence-electron chi connectivity index (χ3n) is 5.45. The summed E-state index contributed by atoms with van der Waals surface area (Å²) in [5.74, 6) is -1.39. The molecule has 1 saturated heterocycles. The molecule has 0 aromatic heterocycles. The Morgan fingerprint density at radius 2 is 1.32 bits per heavy atom. The van der Waals surface area contributed by atoms with Crippen molar-refractivity contribution in [2.24, 2.45) is 0 Å². The number of barbiturate groups is 1. The molecule has 0 radical (unpaired) electrons. The second kappa shape index (κ2) is 8.44. The van der Waals surface area contributed by atoms with E-state index in [1.54, 1.807) is 0 Å². The molecule has 3 aromatic rings. The minimum Gasteiger partial charge on any atom is -0.372 e. The predicted molar refractivity (Wildman–Crippen MR) is 123 cm³/mol. The van der Waals surface area contributed by atoms with Gasteiger partial charge in [-0.1, -0.05) is 36.4 Å². The summed E-state index contributed by atoms with van der Waals surface area (Å²) < 4.78 is 0. The summed E-state index contributed by atoms with van der Waals surface area (Å²) in [4.78, 5) is 37.4. The molecule has 6 heteroatoms. The largest absolute Gasteiger partial charge is 0.372 e. The number of rotatable bonds is 5. The van der Waals surface area contributed by atoms with Gasteiger partial charge in [-0.05, 0) is 71.7 Å². The topological polar surface area (TPSA) is 78.5 Å². The molecule has 3 aromatic carbocycles. The first-order valence-corrected chi connectivity index (χ1v) is 10.3. The Hall–Kier alpha value is -3.93. The monoisotopic (exact) mass is 413 g/mol. The average Bonchev–Trinajstić information content (AvgIpc) is 2.77. The number of urea groups is 1. The highest BCUT2D eigenvalue weighted by Crippen LogP contribution is 2.27. The van der Waals surface area contributed by atoms with E-state index in [9.17, 15) is 14.4 Å². The zero-order valence-electron chi connectivity index (χ0n) is 17.4. The Bertz CT molecular complexity index is 1190. The van der Waals surface area contributed by atoms with Gasteiger partial charge in [0.15, 0.2) is 0 Å². The Balaban J connectivity index is 1.62. The number of fused-ring (bicyclic) bond motifs is 1. The molecule has 1 fully saturated rings. The van der Waals surface area contributed by atoms with Crippen LogP contribution in [-0.4, -0.2) is 30.9 Å². The third-order valence-corrected chi connectivity index (χ3v) is 5.45. The van der Waals surface area contributed by atoms with Crippen molar-refractivity contribution in [3.8, 4) is 11.1 Å². The van der Waals surface area contributed by atoms with E-state index in [4.69, 9.17) is 0 Å². The molecule has 4 rings (SSSR count). The molecule has 0 saturated carbocycles. The lowest BCUT2D eigenvalue weighted by Crippen LogP contribution is -2.51. The summed E-state index contributed by atoms with van der Waals surface area (Å²) in [6, 6.07) is 19.7. The van der Waals surface area contributed by atoms with Crippen LogP contribution in [0.3, 0.4) is 0 Å². The van der Waals surface area contributed by atoms with Gasteiger partial charge < -0.3 is 4.90 Å². The number of imide groups is 2. The second-order valence-corrected chi connectivity index (χ2v) is 7.34. The first-order chi connectivity index (χ1) is 15.0. The van der Waals surface area contributed by atoms with Crippen molar-refractivity contribution in [3.05, 3.63) is 71.8 Å². The molecule has 0 atom stereocenters. The predicted octanol–water partition coefficient (Wildman–Crippen LogP) is 4.10. The third kappa shape index (κ3) is 4.19. The van der Waals surface area contributed by atoms with Crippen LogP contribution in [0, 0.1) is 0 Å². The molecule has 4 amide bonds. The summed E-state index contributed by atoms with van der Waals surface area (Å²) in [6.07, 6.45) is 1.48. The number of nitrogens with one attached hydrogen (secondary N) is 2. The number of anilines is 1. The lowest BCUT2D eigenvalue weighted by atomic mass is 9.99. The van der Waals surface area contributed by atoms with Gasteiger partial charge in [-0.2, -0.15) is 0 Å². The van der Waals surface area contributed by atoms with Crippen molar-refractivity contribution in [2.75, 3.05) is 18.0 Å². The van der Waals surface area contributed by atoms with E-state index in [-0.39, 0.29) is 5.57 Å². The van der Waals surface area contributed by atoms with Crippen LogP contribution in [0.5, 0.6) is 0 Å². The average molecular weight is 413 g/mol. The molecule has 1 aliphatic rings. The van der Waals surface area contributed by atoms with Gasteiger partial charge in [0.05, 0.1) is 0 Å². The van der Waals surface area contributed by atoms with Crippen LogP contribution in [0.2, 0.25) is 0 Å². The number of hydrogen-bond donors (Lipinski definition) is 2. The minimum absolute atomic E-state index is 0.0936. The quantitative estimate of drug-likeness (QED) is 0.488. The lowest BCUT2D eigenvalue weighted by molar-refractivity contribution is -0.123. The van der Waals surface area contributed by atoms with Gasteiger partial charge >= 0.3 is 6.03 Å². The van der Waals surface area contributed by atoms with Gasteiger partial charge in [-0.15, -0.1) is 0 Å². The molecule has 0 unspecified atom stereocenters. The van der Waals surface area contributed by atoms with E-state index in [0.29, 0.717) is 5.56 Å². The highest BCUT2D eigenvalue weighted by atomic mass is 16.2. The first-order valence-electron chi connectivity index (χ1n) is 10.3. The Labute approximate surface area is 180 Å². The summed E-state index contributed by atoms with van der Waals surface area (Å²) in [5, 5.41) is 6.21. The van der Waals surface area contributed by atoms with E-state index in [1.807, 2.05) is 24.3 Å². The molecular weight excluding hydrogens is 390 g/mol. The van der Waals surface area contributed by atoms with Crippen molar-refractivity contribution < 1.29 is 14.4 Å². The van der Waals surface area contributed by atoms with Crippen LogP contribution in [0.15, 0.2) is 66.2 Å². The standard InChI is InChI=1S/C25H23N3O3/c1-3-28(4-2)21-11-9-17(10-12-21)19-8-7-18-13-16(5-6-20(18)15-19)14-22-23(29)26-25(31)27-24(22)30/h5-15H,3-4H2,1-2H3,(H2,26,27,29,30,31). The fourth-order valence-corrected chi connectivity index (χ4v) is 3.76. The summed E-state index contributed by atoms with van der Waals surface area (Å²) >= 11 is 0. The van der Waals surface area contributed by atoms with E-state index >= 15 is 0 Å². The maximum Gasteiger partial charge on any atom is 0.328 e. The molecular formula is C25H23N3O3. The SMILES string of the molecule is CCN(CC)c1ccc(-c2ccc3cc(C=C4C(=O)NC(=O)NC4=O)ccc3c2)cc1. The van der Waals surface area contributed by atoms with Crippen molar-refractivity contribution >= 4 is 40.4 Å². The normalized spacial score (nSPS) is 13.7. The van der Waals surface area contributed by atoms with Crippen LogP contribution in [0.25, 0.3) is 28.0 Å². The van der Waals surface area contributed by atoms with Crippen LogP contribution >= 0.6 is 0 Å². The molecule has 1 heterocycles. The molecule has 156 valence electrons. The number of carbonyl (C=O) groups is 3. The number of benzene rings is 3. The van der Waals surface area contributed by atoms with Crippen molar-refractivity contribution in [3.63, 3.8) is 0 Å².